The van der Waals surface area contributed by atoms with Gasteiger partial charge in [-0.15, -0.1) is 0 Å². The number of nitrogens with two attached hydrogens (primary N) is 1. The number of carbonyl (C=O) groups is 2. The number of aliphatic imine (C=N–C) groups is 1. The van der Waals surface area contributed by atoms with Gasteiger partial charge in [0.05, 0.1) is 6.10 Å². The highest BCUT2D eigenvalue weighted by Gasteiger charge is 2.14. The molecule has 0 fully saturated rings. The second kappa shape index (κ2) is 10.2. The van der Waals surface area contributed by atoms with Crippen LogP contribution in [0.5, 0.6) is 0 Å². The molecule has 1 atom stereocenters. The maximum atomic E-state index is 11.8. The van der Waals surface area contributed by atoms with Gasteiger partial charge in [0.2, 0.25) is 5.91 Å². The Morgan fingerprint density at radius 1 is 1.09 bits per heavy atom. The first-order valence-electron chi connectivity index (χ1n) is 8.26. The summed E-state index contributed by atoms with van der Waals surface area (Å²) in [5.74, 6) is -0.501. The number of cyclic esters (lactones) is 1. The van der Waals surface area contributed by atoms with Crippen LogP contribution in [0.25, 0.3) is 0 Å². The first-order chi connectivity index (χ1) is 10.5. The molecular weight excluding hydrogens is 282 g/mol. The van der Waals surface area contributed by atoms with E-state index in [-0.39, 0.29) is 30.5 Å². The van der Waals surface area contributed by atoms with Crippen LogP contribution in [0.15, 0.2) is 4.99 Å². The fourth-order valence-corrected chi connectivity index (χ4v) is 2.46. The molecule has 0 aliphatic carbocycles. The number of guanidine groups is 1. The van der Waals surface area contributed by atoms with Gasteiger partial charge in [0.1, 0.15) is 6.54 Å². The van der Waals surface area contributed by atoms with Crippen LogP contribution in [0.3, 0.4) is 0 Å². The van der Waals surface area contributed by atoms with Crippen LogP contribution >= 0.6 is 0 Å². The van der Waals surface area contributed by atoms with Gasteiger partial charge in [0.25, 0.3) is 0 Å². The highest BCUT2D eigenvalue weighted by molar-refractivity contribution is 5.93. The van der Waals surface area contributed by atoms with E-state index >= 15 is 0 Å². The molecule has 6 heteroatoms. The molecule has 1 aliphatic heterocycles. The molecule has 0 aromatic rings. The Bertz CT molecular complexity index is 396. The maximum absolute atomic E-state index is 11.8. The standard InChI is InChI=1S/C16H29N3O3/c1-13-10-8-6-4-3-5-7-9-11-14(20)18-16(17)19(2)12-15(21)22-13/h13H,3-12H2,1-2H3,(H2,17,18,20)/t13-/m0/s1. The summed E-state index contributed by atoms with van der Waals surface area (Å²) >= 11 is 0. The van der Waals surface area contributed by atoms with Gasteiger partial charge >= 0.3 is 5.97 Å². The third kappa shape index (κ3) is 8.00. The fraction of sp³-hybridized carbons (Fsp3) is 0.812. The molecular formula is C16H29N3O3. The van der Waals surface area contributed by atoms with Crippen molar-refractivity contribution in [1.29, 1.82) is 0 Å². The minimum Gasteiger partial charge on any atom is -0.461 e. The van der Waals surface area contributed by atoms with Crippen molar-refractivity contribution < 1.29 is 14.3 Å². The van der Waals surface area contributed by atoms with Gasteiger partial charge in [-0.3, -0.25) is 9.59 Å². The highest BCUT2D eigenvalue weighted by atomic mass is 16.5. The highest BCUT2D eigenvalue weighted by Crippen LogP contribution is 2.12. The van der Waals surface area contributed by atoms with Crippen LogP contribution < -0.4 is 5.73 Å². The van der Waals surface area contributed by atoms with E-state index in [2.05, 4.69) is 4.99 Å². The van der Waals surface area contributed by atoms with E-state index in [0.717, 1.165) is 38.5 Å². The summed E-state index contributed by atoms with van der Waals surface area (Å²) < 4.78 is 5.35. The van der Waals surface area contributed by atoms with E-state index in [4.69, 9.17) is 10.5 Å². The van der Waals surface area contributed by atoms with Gasteiger partial charge < -0.3 is 15.4 Å². The number of ether oxygens (including phenoxy) is 1. The second-order valence-corrected chi connectivity index (χ2v) is 6.03. The third-order valence-corrected chi connectivity index (χ3v) is 3.83. The van der Waals surface area contributed by atoms with Crippen molar-refractivity contribution in [3.63, 3.8) is 0 Å². The number of hydrogen-bond donors (Lipinski definition) is 1. The molecule has 1 aliphatic rings. The number of nitrogens with zero attached hydrogens (tertiary/aromatic N) is 2. The van der Waals surface area contributed by atoms with Crippen molar-refractivity contribution in [2.75, 3.05) is 13.6 Å². The lowest BCUT2D eigenvalue weighted by Gasteiger charge is -2.19. The van der Waals surface area contributed by atoms with E-state index in [9.17, 15) is 9.59 Å². The average Bonchev–Trinajstić information content (AvgIpc) is 2.44. The zero-order valence-electron chi connectivity index (χ0n) is 13.8. The quantitative estimate of drug-likeness (QED) is 0.693. The van der Waals surface area contributed by atoms with Gasteiger partial charge in [-0.2, -0.15) is 4.99 Å². The van der Waals surface area contributed by atoms with Crippen molar-refractivity contribution in [1.82, 2.24) is 4.90 Å². The summed E-state index contributed by atoms with van der Waals surface area (Å²) in [6.45, 7) is 1.92. The topological polar surface area (TPSA) is 85.0 Å². The van der Waals surface area contributed by atoms with Crippen molar-refractivity contribution in [3.05, 3.63) is 0 Å². The molecule has 0 aromatic carbocycles. The van der Waals surface area contributed by atoms with E-state index in [1.54, 1.807) is 7.05 Å². The summed E-state index contributed by atoms with van der Waals surface area (Å²) in [4.78, 5) is 28.8. The zero-order valence-corrected chi connectivity index (χ0v) is 13.8. The van der Waals surface area contributed by atoms with Crippen LogP contribution in [0.1, 0.15) is 64.7 Å². The number of hydrogen-bond acceptors (Lipinski definition) is 5. The Balaban J connectivity index is 2.59. The molecule has 0 aromatic heterocycles. The Hall–Kier alpha value is -1.59. The minimum atomic E-state index is -0.343. The summed E-state index contributed by atoms with van der Waals surface area (Å²) in [6, 6.07) is 0. The Morgan fingerprint density at radius 3 is 2.36 bits per heavy atom. The van der Waals surface area contributed by atoms with Gasteiger partial charge in [-0.05, 0) is 26.2 Å². The molecule has 0 radical (unpaired) electrons. The number of rotatable bonds is 0. The largest absolute Gasteiger partial charge is 0.461 e. The number of amides is 1. The van der Waals surface area contributed by atoms with E-state index in [0.29, 0.717) is 6.42 Å². The van der Waals surface area contributed by atoms with Crippen LogP contribution in [0.4, 0.5) is 0 Å². The predicted molar refractivity (Wildman–Crippen MR) is 86.4 cm³/mol. The van der Waals surface area contributed by atoms with E-state index in [1.165, 1.54) is 17.7 Å². The minimum absolute atomic E-state index is 0.00690. The first-order valence-corrected chi connectivity index (χ1v) is 8.26. The summed E-state index contributed by atoms with van der Waals surface area (Å²) in [7, 11) is 1.63. The maximum Gasteiger partial charge on any atom is 0.325 e. The summed E-state index contributed by atoms with van der Waals surface area (Å²) in [5.41, 5.74) is 5.74. The lowest BCUT2D eigenvalue weighted by molar-refractivity contribution is -0.148. The zero-order chi connectivity index (χ0) is 16.4. The van der Waals surface area contributed by atoms with Crippen molar-refractivity contribution in [3.8, 4) is 0 Å². The number of likely N-dealkylation sites (N-methyl/N-ethyl adjacent to an activating group) is 1. The van der Waals surface area contributed by atoms with Crippen molar-refractivity contribution in [2.45, 2.75) is 70.8 Å². The Kier molecular flexibility index (Phi) is 8.55. The average molecular weight is 311 g/mol. The summed E-state index contributed by atoms with van der Waals surface area (Å²) in [6.07, 6.45) is 8.89. The van der Waals surface area contributed by atoms with E-state index < -0.39 is 0 Å². The van der Waals surface area contributed by atoms with E-state index in [1.807, 2.05) is 6.92 Å². The first kappa shape index (κ1) is 18.5. The normalized spacial score (nSPS) is 24.4. The second-order valence-electron chi connectivity index (χ2n) is 6.03. The molecule has 126 valence electrons. The monoisotopic (exact) mass is 311 g/mol. The molecule has 0 spiro atoms. The summed E-state index contributed by atoms with van der Waals surface area (Å²) in [5, 5.41) is 0. The molecule has 0 unspecified atom stereocenters. The molecule has 1 heterocycles. The molecule has 1 amide bonds. The SMILES string of the molecule is C[C@H]1CCCCCCCCCC(=O)N=C(N)N(C)CC(=O)O1. The van der Waals surface area contributed by atoms with Gasteiger partial charge in [-0.25, -0.2) is 0 Å². The van der Waals surface area contributed by atoms with Gasteiger partial charge in [0, 0.05) is 13.5 Å². The van der Waals surface area contributed by atoms with Crippen LogP contribution in [-0.4, -0.2) is 42.4 Å². The lowest BCUT2D eigenvalue weighted by Crippen LogP contribution is -2.39. The van der Waals surface area contributed by atoms with Crippen LogP contribution in [0, 0.1) is 0 Å². The van der Waals surface area contributed by atoms with Crippen LogP contribution in [0.2, 0.25) is 0 Å². The molecule has 6 nitrogen and oxygen atoms in total. The molecule has 0 bridgehead atoms. The lowest BCUT2D eigenvalue weighted by atomic mass is 10.1. The third-order valence-electron chi connectivity index (χ3n) is 3.83. The molecule has 0 saturated carbocycles. The Labute approximate surface area is 133 Å². The smallest absolute Gasteiger partial charge is 0.325 e. The Morgan fingerprint density at radius 2 is 1.68 bits per heavy atom. The number of carbonyl (C=O) groups excluding carboxylic acids is 2. The van der Waals surface area contributed by atoms with Gasteiger partial charge in [-0.1, -0.05) is 32.1 Å². The molecule has 1 rings (SSSR count). The number of esters is 1. The van der Waals surface area contributed by atoms with Gasteiger partial charge in [0.15, 0.2) is 5.96 Å². The van der Waals surface area contributed by atoms with Crippen molar-refractivity contribution in [2.24, 2.45) is 10.7 Å². The molecule has 0 saturated heterocycles. The van der Waals surface area contributed by atoms with Crippen LogP contribution in [-0.2, 0) is 14.3 Å². The molecule has 22 heavy (non-hydrogen) atoms. The van der Waals surface area contributed by atoms with Crippen molar-refractivity contribution >= 4 is 17.8 Å². The predicted octanol–water partition coefficient (Wildman–Crippen LogP) is 2.22. The molecule has 2 N–H and O–H groups in total. The fourth-order valence-electron chi connectivity index (χ4n) is 2.46.